The highest BCUT2D eigenvalue weighted by Crippen LogP contribution is 2.57. The Labute approximate surface area is 108 Å². The van der Waals surface area contributed by atoms with Crippen LogP contribution in [0, 0.1) is 17.3 Å². The van der Waals surface area contributed by atoms with Crippen LogP contribution < -0.4 is 0 Å². The number of hydrogen-bond acceptors (Lipinski definition) is 3. The van der Waals surface area contributed by atoms with Gasteiger partial charge in [-0.1, -0.05) is 25.5 Å². The summed E-state index contributed by atoms with van der Waals surface area (Å²) in [6.45, 7) is 6.38. The molecular formula is C15H20O3. The van der Waals surface area contributed by atoms with E-state index >= 15 is 0 Å². The van der Waals surface area contributed by atoms with Crippen LogP contribution in [0.15, 0.2) is 23.3 Å². The summed E-state index contributed by atoms with van der Waals surface area (Å²) in [5, 5.41) is 10.6. The largest absolute Gasteiger partial charge is 0.426 e. The molecule has 0 spiro atoms. The van der Waals surface area contributed by atoms with E-state index in [0.29, 0.717) is 18.3 Å². The SMILES string of the molecule is CC1=CC2CC3(O)OC(=O)C=C3C(C)(C)C2CC1. The fourth-order valence-corrected chi connectivity index (χ4v) is 4.10. The van der Waals surface area contributed by atoms with Gasteiger partial charge in [0.2, 0.25) is 5.79 Å². The van der Waals surface area contributed by atoms with E-state index in [1.807, 2.05) is 0 Å². The van der Waals surface area contributed by atoms with Gasteiger partial charge in [-0.2, -0.15) is 0 Å². The molecule has 0 bridgehead atoms. The number of aliphatic hydroxyl groups is 1. The minimum atomic E-state index is -1.37. The van der Waals surface area contributed by atoms with E-state index in [2.05, 4.69) is 26.8 Å². The summed E-state index contributed by atoms with van der Waals surface area (Å²) >= 11 is 0. The van der Waals surface area contributed by atoms with Crippen LogP contribution in [0.5, 0.6) is 0 Å². The minimum Gasteiger partial charge on any atom is -0.426 e. The third kappa shape index (κ3) is 1.50. The van der Waals surface area contributed by atoms with Gasteiger partial charge < -0.3 is 9.84 Å². The molecule has 3 unspecified atom stereocenters. The molecule has 0 aromatic heterocycles. The smallest absolute Gasteiger partial charge is 0.333 e. The normalized spacial score (nSPS) is 41.4. The number of esters is 1. The lowest BCUT2D eigenvalue weighted by Crippen LogP contribution is -2.50. The molecule has 0 saturated heterocycles. The highest BCUT2D eigenvalue weighted by Gasteiger charge is 2.57. The summed E-state index contributed by atoms with van der Waals surface area (Å²) in [6, 6.07) is 0. The Morgan fingerprint density at radius 2 is 2.17 bits per heavy atom. The van der Waals surface area contributed by atoms with Crippen molar-refractivity contribution >= 4 is 5.97 Å². The van der Waals surface area contributed by atoms with Gasteiger partial charge in [-0.05, 0) is 37.0 Å². The fourth-order valence-electron chi connectivity index (χ4n) is 4.10. The molecule has 2 aliphatic carbocycles. The summed E-state index contributed by atoms with van der Waals surface area (Å²) in [4.78, 5) is 11.5. The number of rotatable bonds is 0. The van der Waals surface area contributed by atoms with E-state index in [9.17, 15) is 9.90 Å². The molecule has 98 valence electrons. The molecule has 3 nitrogen and oxygen atoms in total. The molecule has 1 aliphatic heterocycles. The van der Waals surface area contributed by atoms with E-state index < -0.39 is 11.8 Å². The summed E-state index contributed by atoms with van der Waals surface area (Å²) in [5.41, 5.74) is 1.97. The quantitative estimate of drug-likeness (QED) is 0.529. The minimum absolute atomic E-state index is 0.180. The zero-order valence-corrected chi connectivity index (χ0v) is 11.2. The Morgan fingerprint density at radius 1 is 1.44 bits per heavy atom. The van der Waals surface area contributed by atoms with Crippen molar-refractivity contribution < 1.29 is 14.6 Å². The number of carbonyl (C=O) groups is 1. The predicted molar refractivity (Wildman–Crippen MR) is 67.5 cm³/mol. The second-order valence-corrected chi connectivity index (χ2v) is 6.51. The van der Waals surface area contributed by atoms with Gasteiger partial charge in [0.25, 0.3) is 0 Å². The van der Waals surface area contributed by atoms with Crippen LogP contribution in [0.3, 0.4) is 0 Å². The fraction of sp³-hybridized carbons (Fsp3) is 0.667. The number of hydrogen-bond donors (Lipinski definition) is 1. The Hall–Kier alpha value is -1.09. The maximum atomic E-state index is 11.5. The van der Waals surface area contributed by atoms with Gasteiger partial charge in [-0.25, -0.2) is 4.79 Å². The summed E-state index contributed by atoms with van der Waals surface area (Å²) in [5.74, 6) is -0.973. The molecule has 0 aromatic rings. The highest BCUT2D eigenvalue weighted by atomic mass is 16.7. The van der Waals surface area contributed by atoms with Gasteiger partial charge in [0.05, 0.1) is 0 Å². The zero-order chi connectivity index (χ0) is 13.1. The molecule has 1 N–H and O–H groups in total. The Bertz CT molecular complexity index is 472. The van der Waals surface area contributed by atoms with Crippen LogP contribution in [-0.4, -0.2) is 16.9 Å². The molecule has 1 fully saturated rings. The van der Waals surface area contributed by atoms with E-state index in [1.165, 1.54) is 11.6 Å². The second kappa shape index (κ2) is 3.47. The lowest BCUT2D eigenvalue weighted by Gasteiger charge is -2.51. The lowest BCUT2D eigenvalue weighted by atomic mass is 9.56. The van der Waals surface area contributed by atoms with Gasteiger partial charge in [0.1, 0.15) is 0 Å². The number of allylic oxidation sites excluding steroid dienone is 2. The van der Waals surface area contributed by atoms with E-state index in [4.69, 9.17) is 4.74 Å². The first-order valence-electron chi connectivity index (χ1n) is 6.68. The van der Waals surface area contributed by atoms with Crippen LogP contribution in [0.2, 0.25) is 0 Å². The molecule has 3 rings (SSSR count). The standard InChI is InChI=1S/C15H20O3/c1-9-4-5-11-10(6-9)8-15(17)12(14(11,2)3)7-13(16)18-15/h6-7,10-11,17H,4-5,8H2,1-3H3. The monoisotopic (exact) mass is 248 g/mol. The molecule has 0 amide bonds. The van der Waals surface area contributed by atoms with E-state index in [0.717, 1.165) is 18.4 Å². The average Bonchev–Trinajstić information content (AvgIpc) is 2.53. The molecule has 0 aromatic carbocycles. The van der Waals surface area contributed by atoms with Gasteiger partial charge in [-0.3, -0.25) is 0 Å². The number of fused-ring (bicyclic) bond motifs is 2. The van der Waals surface area contributed by atoms with Crippen molar-refractivity contribution in [3.05, 3.63) is 23.3 Å². The van der Waals surface area contributed by atoms with Crippen LogP contribution in [0.25, 0.3) is 0 Å². The zero-order valence-electron chi connectivity index (χ0n) is 11.2. The van der Waals surface area contributed by atoms with Crippen molar-refractivity contribution in [2.75, 3.05) is 0 Å². The first kappa shape index (κ1) is 12.0. The molecule has 18 heavy (non-hydrogen) atoms. The van der Waals surface area contributed by atoms with Gasteiger partial charge in [0, 0.05) is 18.1 Å². The Kier molecular flexibility index (Phi) is 2.31. The summed E-state index contributed by atoms with van der Waals surface area (Å²) < 4.78 is 5.17. The Balaban J connectivity index is 2.07. The van der Waals surface area contributed by atoms with E-state index in [1.54, 1.807) is 0 Å². The van der Waals surface area contributed by atoms with Crippen LogP contribution >= 0.6 is 0 Å². The second-order valence-electron chi connectivity index (χ2n) is 6.51. The Morgan fingerprint density at radius 3 is 2.89 bits per heavy atom. The van der Waals surface area contributed by atoms with Crippen molar-refractivity contribution in [1.82, 2.24) is 0 Å². The highest BCUT2D eigenvalue weighted by molar-refractivity contribution is 5.87. The third-order valence-electron chi connectivity index (χ3n) is 4.95. The van der Waals surface area contributed by atoms with Gasteiger partial charge in [0.15, 0.2) is 0 Å². The maximum absolute atomic E-state index is 11.5. The predicted octanol–water partition coefficient (Wildman–Crippen LogP) is 2.56. The van der Waals surface area contributed by atoms with Crippen LogP contribution in [-0.2, 0) is 9.53 Å². The van der Waals surface area contributed by atoms with Crippen molar-refractivity contribution in [3.63, 3.8) is 0 Å². The molecule has 3 atom stereocenters. The molecule has 1 heterocycles. The lowest BCUT2D eigenvalue weighted by molar-refractivity contribution is -0.201. The van der Waals surface area contributed by atoms with Crippen molar-refractivity contribution in [3.8, 4) is 0 Å². The van der Waals surface area contributed by atoms with Gasteiger partial charge in [-0.15, -0.1) is 0 Å². The van der Waals surface area contributed by atoms with E-state index in [-0.39, 0.29) is 5.41 Å². The molecule has 3 heteroatoms. The summed E-state index contributed by atoms with van der Waals surface area (Å²) in [6.07, 6.45) is 6.51. The molecule has 0 radical (unpaired) electrons. The molecule has 3 aliphatic rings. The first-order valence-corrected chi connectivity index (χ1v) is 6.68. The molecule has 1 saturated carbocycles. The molecular weight excluding hydrogens is 228 g/mol. The third-order valence-corrected chi connectivity index (χ3v) is 4.95. The van der Waals surface area contributed by atoms with Crippen molar-refractivity contribution in [1.29, 1.82) is 0 Å². The van der Waals surface area contributed by atoms with Crippen LogP contribution in [0.1, 0.15) is 40.0 Å². The van der Waals surface area contributed by atoms with Crippen molar-refractivity contribution in [2.45, 2.75) is 45.8 Å². The van der Waals surface area contributed by atoms with Crippen LogP contribution in [0.4, 0.5) is 0 Å². The summed E-state index contributed by atoms with van der Waals surface area (Å²) in [7, 11) is 0. The average molecular weight is 248 g/mol. The van der Waals surface area contributed by atoms with Crippen molar-refractivity contribution in [2.24, 2.45) is 17.3 Å². The maximum Gasteiger partial charge on any atom is 0.333 e. The van der Waals surface area contributed by atoms with Gasteiger partial charge >= 0.3 is 5.97 Å². The topological polar surface area (TPSA) is 46.5 Å². The first-order chi connectivity index (χ1) is 8.33. The number of carbonyl (C=O) groups excluding carboxylic acids is 1. The number of ether oxygens (including phenoxy) is 1.